The molecule has 1 aliphatic heterocycles. The third kappa shape index (κ3) is 4.14. The molecule has 9 heteroatoms. The first-order valence-corrected chi connectivity index (χ1v) is 9.75. The lowest BCUT2D eigenvalue weighted by molar-refractivity contribution is -0.143. The summed E-state index contributed by atoms with van der Waals surface area (Å²) < 4.78 is 31.3. The molecule has 150 valence electrons. The average molecular weight is 416 g/mol. The second kappa shape index (κ2) is 8.04. The van der Waals surface area contributed by atoms with Gasteiger partial charge in [-0.2, -0.15) is 4.99 Å². The van der Waals surface area contributed by atoms with E-state index < -0.39 is 17.7 Å². The van der Waals surface area contributed by atoms with E-state index in [1.807, 2.05) is 0 Å². The standard InChI is InChI=1S/C20H17FN2O5S/c1-2-26-19(25)10-23-14-5-4-13(21)9-17(14)29-20(23)22-18(24)8-12-3-6-15-16(7-12)28-11-27-15/h3-7,9H,2,8,10-11H2,1H3. The Morgan fingerprint density at radius 1 is 1.21 bits per heavy atom. The number of nitrogens with zero attached hydrogens (tertiary/aromatic N) is 2. The molecule has 29 heavy (non-hydrogen) atoms. The fraction of sp³-hybridized carbons (Fsp3) is 0.250. The number of rotatable bonds is 5. The van der Waals surface area contributed by atoms with Gasteiger partial charge >= 0.3 is 5.97 Å². The quantitative estimate of drug-likeness (QED) is 0.598. The van der Waals surface area contributed by atoms with Crippen LogP contribution in [-0.4, -0.2) is 29.8 Å². The Labute approximate surface area is 169 Å². The molecule has 1 aromatic heterocycles. The minimum absolute atomic E-state index is 0.0542. The van der Waals surface area contributed by atoms with Crippen LogP contribution in [0, 0.1) is 5.82 Å². The summed E-state index contributed by atoms with van der Waals surface area (Å²) in [6, 6.07) is 9.46. The number of benzene rings is 2. The topological polar surface area (TPSA) is 79.1 Å². The Bertz CT molecular complexity index is 1170. The monoisotopic (exact) mass is 416 g/mol. The molecule has 0 aliphatic carbocycles. The number of fused-ring (bicyclic) bond motifs is 2. The molecule has 0 saturated carbocycles. The van der Waals surface area contributed by atoms with Crippen LogP contribution in [0.1, 0.15) is 12.5 Å². The van der Waals surface area contributed by atoms with Gasteiger partial charge in [-0.25, -0.2) is 4.39 Å². The first kappa shape index (κ1) is 19.1. The summed E-state index contributed by atoms with van der Waals surface area (Å²) in [5.74, 6) is -0.0306. The number of thiazole rings is 1. The van der Waals surface area contributed by atoms with Crippen molar-refractivity contribution in [3.05, 3.63) is 52.6 Å². The van der Waals surface area contributed by atoms with Gasteiger partial charge in [0.05, 0.1) is 23.2 Å². The van der Waals surface area contributed by atoms with Crippen molar-refractivity contribution in [3.63, 3.8) is 0 Å². The van der Waals surface area contributed by atoms with Crippen molar-refractivity contribution in [2.24, 2.45) is 4.99 Å². The van der Waals surface area contributed by atoms with Crippen LogP contribution in [0.2, 0.25) is 0 Å². The highest BCUT2D eigenvalue weighted by Gasteiger charge is 2.16. The molecule has 2 aromatic carbocycles. The lowest BCUT2D eigenvalue weighted by Crippen LogP contribution is -2.23. The van der Waals surface area contributed by atoms with E-state index in [-0.39, 0.29) is 26.4 Å². The smallest absolute Gasteiger partial charge is 0.326 e. The number of carbonyl (C=O) groups is 2. The third-order valence-corrected chi connectivity index (χ3v) is 5.29. The summed E-state index contributed by atoms with van der Waals surface area (Å²) in [6.07, 6.45) is 0.0542. The molecule has 4 rings (SSSR count). The number of carbonyl (C=O) groups excluding carboxylic acids is 2. The molecule has 0 spiro atoms. The van der Waals surface area contributed by atoms with Crippen molar-refractivity contribution in [2.45, 2.75) is 19.9 Å². The Kier molecular flexibility index (Phi) is 5.30. The predicted molar refractivity (Wildman–Crippen MR) is 103 cm³/mol. The zero-order chi connectivity index (χ0) is 20.4. The summed E-state index contributed by atoms with van der Waals surface area (Å²) in [7, 11) is 0. The van der Waals surface area contributed by atoms with Gasteiger partial charge in [-0.15, -0.1) is 0 Å². The van der Waals surface area contributed by atoms with Gasteiger partial charge < -0.3 is 18.8 Å². The van der Waals surface area contributed by atoms with E-state index in [1.165, 1.54) is 12.1 Å². The van der Waals surface area contributed by atoms with E-state index in [0.717, 1.165) is 16.9 Å². The van der Waals surface area contributed by atoms with Gasteiger partial charge in [-0.05, 0) is 42.8 Å². The molecular formula is C20H17FN2O5S. The molecule has 0 fully saturated rings. The molecule has 0 radical (unpaired) electrons. The van der Waals surface area contributed by atoms with Crippen molar-refractivity contribution in [1.82, 2.24) is 4.57 Å². The number of aromatic nitrogens is 1. The highest BCUT2D eigenvalue weighted by Crippen LogP contribution is 2.32. The molecule has 2 heterocycles. The van der Waals surface area contributed by atoms with E-state index in [0.29, 0.717) is 26.5 Å². The predicted octanol–water partition coefficient (Wildman–Crippen LogP) is 2.80. The molecule has 0 unspecified atom stereocenters. The molecule has 1 amide bonds. The summed E-state index contributed by atoms with van der Waals surface area (Å²) in [4.78, 5) is 29.0. The number of ether oxygens (including phenoxy) is 3. The SMILES string of the molecule is CCOC(=O)Cn1c(=NC(=O)Cc2ccc3c(c2)OCO3)sc2cc(F)ccc21. The van der Waals surface area contributed by atoms with Gasteiger partial charge in [0.1, 0.15) is 12.4 Å². The average Bonchev–Trinajstić information content (AvgIpc) is 3.26. The molecule has 0 atom stereocenters. The Hall–Kier alpha value is -3.20. The Morgan fingerprint density at radius 3 is 2.86 bits per heavy atom. The molecule has 0 N–H and O–H groups in total. The van der Waals surface area contributed by atoms with Crippen LogP contribution < -0.4 is 14.3 Å². The first-order chi connectivity index (χ1) is 14.0. The molecule has 1 aliphatic rings. The van der Waals surface area contributed by atoms with Crippen molar-refractivity contribution < 1.29 is 28.2 Å². The van der Waals surface area contributed by atoms with Crippen molar-refractivity contribution in [2.75, 3.05) is 13.4 Å². The van der Waals surface area contributed by atoms with Crippen LogP contribution >= 0.6 is 11.3 Å². The number of esters is 1. The zero-order valence-electron chi connectivity index (χ0n) is 15.5. The van der Waals surface area contributed by atoms with Crippen molar-refractivity contribution in [3.8, 4) is 11.5 Å². The zero-order valence-corrected chi connectivity index (χ0v) is 16.3. The number of amides is 1. The highest BCUT2D eigenvalue weighted by molar-refractivity contribution is 7.16. The maximum atomic E-state index is 13.6. The minimum Gasteiger partial charge on any atom is -0.465 e. The maximum absolute atomic E-state index is 13.6. The van der Waals surface area contributed by atoms with E-state index in [4.69, 9.17) is 14.2 Å². The molecule has 0 saturated heterocycles. The summed E-state index contributed by atoms with van der Waals surface area (Å²) >= 11 is 1.14. The summed E-state index contributed by atoms with van der Waals surface area (Å²) in [5.41, 5.74) is 1.34. The van der Waals surface area contributed by atoms with Crippen LogP contribution in [0.5, 0.6) is 11.5 Å². The lowest BCUT2D eigenvalue weighted by Gasteiger charge is -2.05. The van der Waals surface area contributed by atoms with Crippen molar-refractivity contribution in [1.29, 1.82) is 0 Å². The third-order valence-electron chi connectivity index (χ3n) is 4.25. The lowest BCUT2D eigenvalue weighted by atomic mass is 10.1. The number of halogens is 1. The number of hydrogen-bond donors (Lipinski definition) is 0. The second-order valence-electron chi connectivity index (χ2n) is 6.26. The van der Waals surface area contributed by atoms with Gasteiger partial charge in [0, 0.05) is 0 Å². The van der Waals surface area contributed by atoms with Crippen molar-refractivity contribution >= 4 is 33.4 Å². The Balaban J connectivity index is 1.66. The molecule has 3 aromatic rings. The Morgan fingerprint density at radius 2 is 2.03 bits per heavy atom. The van der Waals surface area contributed by atoms with Crippen LogP contribution in [0.15, 0.2) is 41.4 Å². The molecular weight excluding hydrogens is 399 g/mol. The second-order valence-corrected chi connectivity index (χ2v) is 7.27. The van der Waals surface area contributed by atoms with E-state index >= 15 is 0 Å². The number of hydrogen-bond acceptors (Lipinski definition) is 6. The van der Waals surface area contributed by atoms with E-state index in [2.05, 4.69) is 4.99 Å². The largest absolute Gasteiger partial charge is 0.465 e. The van der Waals surface area contributed by atoms with Crippen LogP contribution in [0.3, 0.4) is 0 Å². The normalized spacial score (nSPS) is 13.1. The highest BCUT2D eigenvalue weighted by atomic mass is 32.1. The van der Waals surface area contributed by atoms with Gasteiger partial charge in [-0.3, -0.25) is 9.59 Å². The first-order valence-electron chi connectivity index (χ1n) is 8.94. The van der Waals surface area contributed by atoms with Crippen LogP contribution in [0.4, 0.5) is 4.39 Å². The van der Waals surface area contributed by atoms with Gasteiger partial charge in [0.15, 0.2) is 16.3 Å². The summed E-state index contributed by atoms with van der Waals surface area (Å²) in [6.45, 7) is 1.99. The summed E-state index contributed by atoms with van der Waals surface area (Å²) in [5, 5.41) is 0. The van der Waals surface area contributed by atoms with E-state index in [1.54, 1.807) is 35.8 Å². The fourth-order valence-electron chi connectivity index (χ4n) is 2.99. The van der Waals surface area contributed by atoms with Gasteiger partial charge in [-0.1, -0.05) is 17.4 Å². The van der Waals surface area contributed by atoms with Gasteiger partial charge in [0.25, 0.3) is 5.91 Å². The van der Waals surface area contributed by atoms with Crippen LogP contribution in [-0.2, 0) is 27.3 Å². The van der Waals surface area contributed by atoms with E-state index in [9.17, 15) is 14.0 Å². The van der Waals surface area contributed by atoms with Crippen LogP contribution in [0.25, 0.3) is 10.2 Å². The molecule has 7 nitrogen and oxygen atoms in total. The van der Waals surface area contributed by atoms with Gasteiger partial charge in [0.2, 0.25) is 6.79 Å². The minimum atomic E-state index is -0.457. The maximum Gasteiger partial charge on any atom is 0.326 e. The molecule has 0 bridgehead atoms. The fourth-order valence-corrected chi connectivity index (χ4v) is 4.06.